The standard InChI is InChI=1S/C24H22FN7O/c1-14-16(7-5-8-18(14)25)19-10-17(22-23(29-19)27-13-26-22)20-12-32(31-30-20)11-15-6-4-9-21(28-15)24(2,3)33/h4-10,12-13,33H,11H2,1-3H3,(H,26,27,29). The Morgan fingerprint density at radius 1 is 1.06 bits per heavy atom. The summed E-state index contributed by atoms with van der Waals surface area (Å²) < 4.78 is 15.8. The lowest BCUT2D eigenvalue weighted by atomic mass is 10.0. The van der Waals surface area contributed by atoms with Crippen molar-refractivity contribution in [2.75, 3.05) is 0 Å². The fourth-order valence-corrected chi connectivity index (χ4v) is 3.72. The molecule has 33 heavy (non-hydrogen) atoms. The average molecular weight is 443 g/mol. The van der Waals surface area contributed by atoms with E-state index in [4.69, 9.17) is 0 Å². The molecule has 2 N–H and O–H groups in total. The number of pyridine rings is 2. The van der Waals surface area contributed by atoms with Gasteiger partial charge < -0.3 is 10.1 Å². The number of fused-ring (bicyclic) bond motifs is 1. The predicted octanol–water partition coefficient (Wildman–Crippen LogP) is 4.00. The molecule has 8 nitrogen and oxygen atoms in total. The normalized spacial score (nSPS) is 11.9. The largest absolute Gasteiger partial charge is 0.384 e. The van der Waals surface area contributed by atoms with Crippen LogP contribution in [0.4, 0.5) is 4.39 Å². The minimum atomic E-state index is -1.03. The molecule has 0 bridgehead atoms. The van der Waals surface area contributed by atoms with Crippen molar-refractivity contribution in [3.05, 3.63) is 77.8 Å². The van der Waals surface area contributed by atoms with E-state index >= 15 is 0 Å². The van der Waals surface area contributed by atoms with Crippen molar-refractivity contribution < 1.29 is 9.50 Å². The quantitative estimate of drug-likeness (QED) is 0.425. The molecule has 0 spiro atoms. The van der Waals surface area contributed by atoms with Gasteiger partial charge in [0.15, 0.2) is 5.65 Å². The molecular formula is C24H22FN7O. The van der Waals surface area contributed by atoms with Crippen molar-refractivity contribution in [1.82, 2.24) is 34.9 Å². The Balaban J connectivity index is 1.53. The molecule has 0 aliphatic rings. The monoisotopic (exact) mass is 443 g/mol. The summed E-state index contributed by atoms with van der Waals surface area (Å²) >= 11 is 0. The molecule has 0 saturated heterocycles. The molecule has 0 aliphatic heterocycles. The fourth-order valence-electron chi connectivity index (χ4n) is 3.72. The van der Waals surface area contributed by atoms with Gasteiger partial charge in [0.05, 0.1) is 36.2 Å². The van der Waals surface area contributed by atoms with Crippen LogP contribution in [-0.2, 0) is 12.1 Å². The molecule has 0 atom stereocenters. The van der Waals surface area contributed by atoms with Crippen LogP contribution in [0.2, 0.25) is 0 Å². The number of hydrogen-bond donors (Lipinski definition) is 2. The summed E-state index contributed by atoms with van der Waals surface area (Å²) in [7, 11) is 0. The van der Waals surface area contributed by atoms with Gasteiger partial charge in [0, 0.05) is 11.1 Å². The second-order valence-corrected chi connectivity index (χ2v) is 8.44. The van der Waals surface area contributed by atoms with Crippen molar-refractivity contribution in [2.45, 2.75) is 32.9 Å². The van der Waals surface area contributed by atoms with E-state index in [1.54, 1.807) is 43.9 Å². The van der Waals surface area contributed by atoms with Crippen molar-refractivity contribution in [1.29, 1.82) is 0 Å². The molecule has 0 radical (unpaired) electrons. The first-order valence-corrected chi connectivity index (χ1v) is 10.5. The van der Waals surface area contributed by atoms with Crippen LogP contribution in [-0.4, -0.2) is 40.0 Å². The van der Waals surface area contributed by atoms with Gasteiger partial charge in [0.25, 0.3) is 0 Å². The third-order valence-corrected chi connectivity index (χ3v) is 5.50. The Bertz CT molecular complexity index is 1470. The van der Waals surface area contributed by atoms with Gasteiger partial charge in [-0.25, -0.2) is 19.0 Å². The molecule has 0 unspecified atom stereocenters. The highest BCUT2D eigenvalue weighted by atomic mass is 19.1. The molecule has 0 aliphatic carbocycles. The minimum absolute atomic E-state index is 0.285. The van der Waals surface area contributed by atoms with Gasteiger partial charge in [-0.15, -0.1) is 5.10 Å². The second-order valence-electron chi connectivity index (χ2n) is 8.44. The molecule has 4 heterocycles. The van der Waals surface area contributed by atoms with Gasteiger partial charge in [-0.05, 0) is 50.6 Å². The van der Waals surface area contributed by atoms with Gasteiger partial charge in [0.1, 0.15) is 22.6 Å². The van der Waals surface area contributed by atoms with Gasteiger partial charge in [-0.3, -0.25) is 4.98 Å². The number of hydrogen-bond acceptors (Lipinski definition) is 6. The molecule has 0 amide bonds. The molecule has 0 saturated carbocycles. The lowest BCUT2D eigenvalue weighted by Crippen LogP contribution is -2.18. The SMILES string of the molecule is Cc1c(F)cccc1-c1cc(-c2cn(Cc3cccc(C(C)(C)O)n3)nn2)c2nc[nH]c2n1. The Labute approximate surface area is 189 Å². The van der Waals surface area contributed by atoms with E-state index in [1.165, 1.54) is 6.07 Å². The predicted molar refractivity (Wildman–Crippen MR) is 122 cm³/mol. The van der Waals surface area contributed by atoms with E-state index in [2.05, 4.69) is 30.2 Å². The van der Waals surface area contributed by atoms with E-state index in [-0.39, 0.29) is 5.82 Å². The summed E-state index contributed by atoms with van der Waals surface area (Å²) in [5.74, 6) is -0.285. The molecular weight excluding hydrogens is 421 g/mol. The minimum Gasteiger partial charge on any atom is -0.384 e. The van der Waals surface area contributed by atoms with Crippen molar-refractivity contribution in [3.8, 4) is 22.5 Å². The number of nitrogens with one attached hydrogen (secondary N) is 1. The van der Waals surface area contributed by atoms with Crippen LogP contribution in [0.25, 0.3) is 33.7 Å². The van der Waals surface area contributed by atoms with Crippen molar-refractivity contribution >= 4 is 11.2 Å². The molecule has 5 aromatic rings. The number of aliphatic hydroxyl groups is 1. The van der Waals surface area contributed by atoms with Gasteiger partial charge in [0.2, 0.25) is 0 Å². The van der Waals surface area contributed by atoms with Crippen LogP contribution in [0.15, 0.2) is 55.0 Å². The Morgan fingerprint density at radius 2 is 1.88 bits per heavy atom. The zero-order valence-electron chi connectivity index (χ0n) is 18.4. The number of H-pyrrole nitrogens is 1. The number of rotatable bonds is 5. The summed E-state index contributed by atoms with van der Waals surface area (Å²) in [4.78, 5) is 16.6. The molecule has 1 aromatic carbocycles. The Morgan fingerprint density at radius 3 is 2.70 bits per heavy atom. The van der Waals surface area contributed by atoms with Crippen molar-refractivity contribution in [2.24, 2.45) is 0 Å². The van der Waals surface area contributed by atoms with Gasteiger partial charge >= 0.3 is 0 Å². The fraction of sp³-hybridized carbons (Fsp3) is 0.208. The Kier molecular flexibility index (Phi) is 4.98. The maximum atomic E-state index is 14.2. The summed E-state index contributed by atoms with van der Waals surface area (Å²) in [5.41, 5.74) is 4.74. The molecule has 9 heteroatoms. The number of aromatic amines is 1. The van der Waals surface area contributed by atoms with E-state index < -0.39 is 5.60 Å². The first kappa shape index (κ1) is 20.9. The summed E-state index contributed by atoms with van der Waals surface area (Å²) in [6, 6.07) is 12.3. The second kappa shape index (κ2) is 7.86. The van der Waals surface area contributed by atoms with Crippen LogP contribution < -0.4 is 0 Å². The molecule has 4 aromatic heterocycles. The molecule has 5 rings (SSSR count). The zero-order valence-corrected chi connectivity index (χ0v) is 18.4. The van der Waals surface area contributed by atoms with E-state index in [0.29, 0.717) is 45.9 Å². The van der Waals surface area contributed by atoms with Crippen molar-refractivity contribution in [3.63, 3.8) is 0 Å². The highest BCUT2D eigenvalue weighted by Gasteiger charge is 2.19. The van der Waals surface area contributed by atoms with Crippen LogP contribution >= 0.6 is 0 Å². The number of benzene rings is 1. The summed E-state index contributed by atoms with van der Waals surface area (Å²) in [6.45, 7) is 5.52. The Hall–Kier alpha value is -3.98. The molecule has 166 valence electrons. The third kappa shape index (κ3) is 3.98. The number of nitrogens with zero attached hydrogens (tertiary/aromatic N) is 6. The molecule has 0 fully saturated rings. The lowest BCUT2D eigenvalue weighted by Gasteiger charge is -2.17. The maximum Gasteiger partial charge on any atom is 0.158 e. The topological polar surface area (TPSA) is 105 Å². The highest BCUT2D eigenvalue weighted by molar-refractivity contribution is 5.91. The van der Waals surface area contributed by atoms with Crippen LogP contribution in [0.1, 0.15) is 30.8 Å². The summed E-state index contributed by atoms with van der Waals surface area (Å²) in [6.07, 6.45) is 3.38. The highest BCUT2D eigenvalue weighted by Crippen LogP contribution is 2.31. The summed E-state index contributed by atoms with van der Waals surface area (Å²) in [5, 5.41) is 18.8. The van der Waals surface area contributed by atoms with Crippen LogP contribution in [0, 0.1) is 12.7 Å². The third-order valence-electron chi connectivity index (χ3n) is 5.50. The average Bonchev–Trinajstić information content (AvgIpc) is 3.44. The first-order chi connectivity index (χ1) is 15.8. The van der Waals surface area contributed by atoms with Crippen LogP contribution in [0.5, 0.6) is 0 Å². The zero-order chi connectivity index (χ0) is 23.2. The number of aromatic nitrogens is 7. The maximum absolute atomic E-state index is 14.2. The van der Waals surface area contributed by atoms with E-state index in [9.17, 15) is 9.50 Å². The first-order valence-electron chi connectivity index (χ1n) is 10.5. The van der Waals surface area contributed by atoms with Crippen LogP contribution in [0.3, 0.4) is 0 Å². The van der Waals surface area contributed by atoms with Gasteiger partial charge in [-0.1, -0.05) is 23.4 Å². The lowest BCUT2D eigenvalue weighted by molar-refractivity contribution is 0.0736. The number of imidazole rings is 1. The van der Waals surface area contributed by atoms with E-state index in [0.717, 1.165) is 11.3 Å². The van der Waals surface area contributed by atoms with Gasteiger partial charge in [-0.2, -0.15) is 0 Å². The smallest absolute Gasteiger partial charge is 0.158 e. The van der Waals surface area contributed by atoms with E-state index in [1.807, 2.05) is 30.5 Å². The number of halogens is 1.